The minimum absolute atomic E-state index is 0.0338. The molecule has 4 amide bonds. The number of urea groups is 1. The highest BCUT2D eigenvalue weighted by Gasteiger charge is 2.52. The van der Waals surface area contributed by atoms with E-state index in [0.717, 1.165) is 30.0 Å². The first kappa shape index (κ1) is 20.7. The van der Waals surface area contributed by atoms with Crippen LogP contribution >= 0.6 is 0 Å². The molecule has 1 saturated carbocycles. The number of ether oxygens (including phenoxy) is 1. The Balaban J connectivity index is 1.37. The van der Waals surface area contributed by atoms with Crippen molar-refractivity contribution in [3.05, 3.63) is 48.5 Å². The number of rotatable bonds is 7. The first-order valence-electron chi connectivity index (χ1n) is 10.4. The number of benzene rings is 2. The lowest BCUT2D eigenvalue weighted by molar-refractivity contribution is -0.131. The van der Waals surface area contributed by atoms with Gasteiger partial charge in [-0.3, -0.25) is 14.5 Å². The summed E-state index contributed by atoms with van der Waals surface area (Å²) >= 11 is 0. The van der Waals surface area contributed by atoms with Crippen LogP contribution in [0.2, 0.25) is 0 Å². The third kappa shape index (κ3) is 4.33. The largest absolute Gasteiger partial charge is 0.497 e. The van der Waals surface area contributed by atoms with E-state index in [1.165, 1.54) is 4.90 Å². The first-order valence-corrected chi connectivity index (χ1v) is 10.4. The van der Waals surface area contributed by atoms with Crippen LogP contribution in [0.3, 0.4) is 0 Å². The van der Waals surface area contributed by atoms with Gasteiger partial charge in [0.25, 0.3) is 5.91 Å². The molecule has 2 aromatic rings. The molecule has 1 spiro atoms. The van der Waals surface area contributed by atoms with Crippen molar-refractivity contribution in [3.8, 4) is 5.75 Å². The number of carbonyl (C=O) groups excluding carboxylic acids is 3. The van der Waals surface area contributed by atoms with Crippen LogP contribution in [0.4, 0.5) is 21.9 Å². The fourth-order valence-corrected chi connectivity index (χ4v) is 4.15. The lowest BCUT2D eigenvalue weighted by Gasteiger charge is -2.20. The molecule has 2 aliphatic rings. The van der Waals surface area contributed by atoms with Gasteiger partial charge in [0, 0.05) is 18.7 Å². The number of nitrogens with zero attached hydrogens (tertiary/aromatic N) is 1. The molecule has 162 valence electrons. The van der Waals surface area contributed by atoms with Crippen molar-refractivity contribution in [3.63, 3.8) is 0 Å². The van der Waals surface area contributed by atoms with Gasteiger partial charge in [-0.2, -0.15) is 0 Å². The Kier molecular flexibility index (Phi) is 5.79. The van der Waals surface area contributed by atoms with Crippen molar-refractivity contribution in [2.24, 2.45) is 0 Å². The molecule has 1 aliphatic heterocycles. The van der Waals surface area contributed by atoms with Gasteiger partial charge in [-0.15, -0.1) is 0 Å². The van der Waals surface area contributed by atoms with Crippen molar-refractivity contribution in [2.45, 2.75) is 37.6 Å². The Labute approximate surface area is 180 Å². The number of hydrogen-bond acceptors (Lipinski definition) is 5. The minimum Gasteiger partial charge on any atom is -0.497 e. The zero-order valence-electron chi connectivity index (χ0n) is 17.4. The second kappa shape index (κ2) is 8.67. The predicted octanol–water partition coefficient (Wildman–Crippen LogP) is 3.63. The van der Waals surface area contributed by atoms with Crippen LogP contribution in [-0.4, -0.2) is 41.9 Å². The molecule has 3 N–H and O–H groups in total. The Morgan fingerprint density at radius 1 is 1.06 bits per heavy atom. The Morgan fingerprint density at radius 2 is 1.74 bits per heavy atom. The molecule has 0 bridgehead atoms. The van der Waals surface area contributed by atoms with E-state index in [1.54, 1.807) is 13.2 Å². The van der Waals surface area contributed by atoms with E-state index < -0.39 is 11.6 Å². The van der Waals surface area contributed by atoms with Crippen molar-refractivity contribution >= 4 is 34.9 Å². The van der Waals surface area contributed by atoms with E-state index in [4.69, 9.17) is 4.74 Å². The molecule has 8 nitrogen and oxygen atoms in total. The Morgan fingerprint density at radius 3 is 2.42 bits per heavy atom. The van der Waals surface area contributed by atoms with E-state index in [1.807, 2.05) is 42.5 Å². The summed E-state index contributed by atoms with van der Waals surface area (Å²) in [7, 11) is 1.61. The predicted molar refractivity (Wildman–Crippen MR) is 117 cm³/mol. The number of hydrogen-bond donors (Lipinski definition) is 3. The summed E-state index contributed by atoms with van der Waals surface area (Å²) < 4.78 is 5.17. The van der Waals surface area contributed by atoms with E-state index >= 15 is 0 Å². The number of anilines is 3. The van der Waals surface area contributed by atoms with Crippen molar-refractivity contribution in [1.29, 1.82) is 0 Å². The molecule has 0 atom stereocenters. The van der Waals surface area contributed by atoms with Crippen LogP contribution in [0.15, 0.2) is 48.5 Å². The number of amides is 4. The van der Waals surface area contributed by atoms with Crippen molar-refractivity contribution < 1.29 is 19.1 Å². The van der Waals surface area contributed by atoms with E-state index in [2.05, 4.69) is 16.0 Å². The second-order valence-electron chi connectivity index (χ2n) is 7.87. The van der Waals surface area contributed by atoms with Gasteiger partial charge in [0.05, 0.1) is 18.5 Å². The van der Waals surface area contributed by atoms with Gasteiger partial charge in [-0.1, -0.05) is 25.0 Å². The SMILES string of the molecule is COc1ccc(Nc2ccccc2NC(=O)CCN2C(=O)NC3(CCCC3)C2=O)cc1. The van der Waals surface area contributed by atoms with Gasteiger partial charge in [0.1, 0.15) is 11.3 Å². The van der Waals surface area contributed by atoms with Crippen LogP contribution in [0.25, 0.3) is 0 Å². The average Bonchev–Trinajstić information content (AvgIpc) is 3.33. The highest BCUT2D eigenvalue weighted by molar-refractivity contribution is 6.07. The first-order chi connectivity index (χ1) is 15.0. The summed E-state index contributed by atoms with van der Waals surface area (Å²) in [6.07, 6.45) is 3.23. The number of carbonyl (C=O) groups is 3. The molecule has 2 fully saturated rings. The van der Waals surface area contributed by atoms with E-state index in [0.29, 0.717) is 18.5 Å². The van der Waals surface area contributed by atoms with Crippen LogP contribution in [0.5, 0.6) is 5.75 Å². The number of nitrogens with one attached hydrogen (secondary N) is 3. The highest BCUT2D eigenvalue weighted by Crippen LogP contribution is 2.35. The van der Waals surface area contributed by atoms with Gasteiger partial charge in [0.15, 0.2) is 0 Å². The maximum Gasteiger partial charge on any atom is 0.325 e. The van der Waals surface area contributed by atoms with E-state index in [-0.39, 0.29) is 24.8 Å². The monoisotopic (exact) mass is 422 g/mol. The molecular weight excluding hydrogens is 396 g/mol. The molecule has 1 aliphatic carbocycles. The highest BCUT2D eigenvalue weighted by atomic mass is 16.5. The van der Waals surface area contributed by atoms with Crippen molar-refractivity contribution in [1.82, 2.24) is 10.2 Å². The molecule has 31 heavy (non-hydrogen) atoms. The second-order valence-corrected chi connectivity index (χ2v) is 7.87. The normalized spacial score (nSPS) is 17.0. The topological polar surface area (TPSA) is 99.8 Å². The molecule has 0 unspecified atom stereocenters. The molecule has 4 rings (SSSR count). The smallest absolute Gasteiger partial charge is 0.325 e. The van der Waals surface area contributed by atoms with Gasteiger partial charge < -0.3 is 20.7 Å². The standard InChI is InChI=1S/C23H26N4O4/c1-31-17-10-8-16(9-11-17)24-18-6-2-3-7-19(18)25-20(28)12-15-27-21(29)23(26-22(27)30)13-4-5-14-23/h2-3,6-11,24H,4-5,12-15H2,1H3,(H,25,28)(H,26,30). The van der Waals surface area contributed by atoms with Gasteiger partial charge in [-0.05, 0) is 49.2 Å². The number of para-hydroxylation sites is 2. The van der Waals surface area contributed by atoms with Gasteiger partial charge in [0.2, 0.25) is 5.91 Å². The molecule has 0 radical (unpaired) electrons. The van der Waals surface area contributed by atoms with E-state index in [9.17, 15) is 14.4 Å². The molecule has 2 aromatic carbocycles. The minimum atomic E-state index is -0.748. The maximum atomic E-state index is 12.7. The van der Waals surface area contributed by atoms with Crippen LogP contribution in [0.1, 0.15) is 32.1 Å². The Bertz CT molecular complexity index is 983. The van der Waals surface area contributed by atoms with Crippen LogP contribution in [-0.2, 0) is 9.59 Å². The number of methoxy groups -OCH3 is 1. The average molecular weight is 422 g/mol. The van der Waals surface area contributed by atoms with Crippen molar-refractivity contribution in [2.75, 3.05) is 24.3 Å². The summed E-state index contributed by atoms with van der Waals surface area (Å²) in [5, 5.41) is 8.98. The summed E-state index contributed by atoms with van der Waals surface area (Å²) in [6, 6.07) is 14.4. The molecule has 0 aromatic heterocycles. The fourth-order valence-electron chi connectivity index (χ4n) is 4.15. The number of imide groups is 1. The summed E-state index contributed by atoms with van der Waals surface area (Å²) in [6.45, 7) is 0.0618. The lowest BCUT2D eigenvalue weighted by atomic mass is 9.98. The van der Waals surface area contributed by atoms with Crippen LogP contribution in [0, 0.1) is 0 Å². The fraction of sp³-hybridized carbons (Fsp3) is 0.348. The third-order valence-electron chi connectivity index (χ3n) is 5.84. The quantitative estimate of drug-likeness (QED) is 0.592. The lowest BCUT2D eigenvalue weighted by Crippen LogP contribution is -2.44. The summed E-state index contributed by atoms with van der Waals surface area (Å²) in [5.74, 6) is 0.286. The molecular formula is C23H26N4O4. The maximum absolute atomic E-state index is 12.7. The Hall–Kier alpha value is -3.55. The van der Waals surface area contributed by atoms with Gasteiger partial charge >= 0.3 is 6.03 Å². The van der Waals surface area contributed by atoms with Gasteiger partial charge in [-0.25, -0.2) is 4.79 Å². The zero-order chi connectivity index (χ0) is 21.8. The molecule has 1 heterocycles. The third-order valence-corrected chi connectivity index (χ3v) is 5.84. The van der Waals surface area contributed by atoms with Crippen LogP contribution < -0.4 is 20.7 Å². The summed E-state index contributed by atoms with van der Waals surface area (Å²) in [4.78, 5) is 38.7. The zero-order valence-corrected chi connectivity index (χ0v) is 17.4. The molecule has 1 saturated heterocycles. The molecule has 8 heteroatoms. The summed E-state index contributed by atoms with van der Waals surface area (Å²) in [5.41, 5.74) is 1.46.